The molecule has 1 saturated heterocycles. The van der Waals surface area contributed by atoms with Crippen molar-refractivity contribution < 1.29 is 19.4 Å². The highest BCUT2D eigenvalue weighted by Gasteiger charge is 2.32. The van der Waals surface area contributed by atoms with Crippen molar-refractivity contribution in [1.29, 1.82) is 0 Å². The Morgan fingerprint density at radius 2 is 1.59 bits per heavy atom. The number of rotatable bonds is 8. The number of carbonyl (C=O) groups is 1. The van der Waals surface area contributed by atoms with Crippen LogP contribution in [0.4, 0.5) is 5.69 Å². The summed E-state index contributed by atoms with van der Waals surface area (Å²) in [5.74, 6) is 0.394. The maximum Gasteiger partial charge on any atom is 0.275 e. The lowest BCUT2D eigenvalue weighted by molar-refractivity contribution is -0.245. The molecule has 1 fully saturated rings. The van der Waals surface area contributed by atoms with Crippen LogP contribution in [0, 0.1) is 0 Å². The minimum atomic E-state index is -0.594. The number of benzene rings is 4. The van der Waals surface area contributed by atoms with E-state index in [-0.39, 0.29) is 30.4 Å². The summed E-state index contributed by atoms with van der Waals surface area (Å²) in [6, 6.07) is 30.9. The molecule has 1 aliphatic heterocycles. The summed E-state index contributed by atoms with van der Waals surface area (Å²) in [7, 11) is 0. The molecule has 0 bridgehead atoms. The maximum atomic E-state index is 12.9. The number of fused-ring (bicyclic) bond motifs is 2. The largest absolute Gasteiger partial charge is 0.392 e. The average Bonchev–Trinajstić information content (AvgIpc) is 3.50. The van der Waals surface area contributed by atoms with Gasteiger partial charge in [-0.05, 0) is 47.5 Å². The Morgan fingerprint density at radius 3 is 2.36 bits per heavy atom. The standard InChI is InChI=1S/C34H28N4O4S2/c39-19-21-9-11-22(12-10-21)30-17-25(20-43-34-38-28-7-3-4-8-31(28)44-34)41-33(42-30)23-13-15-24(16-14-23)36-32(40)29-18-35-26-5-1-2-6-27(26)37-29/h1-16,18,25,30,33,39H,17,19-20H2,(H,36,40)/t25-,30+,33+/m0/s1. The highest BCUT2D eigenvalue weighted by atomic mass is 32.2. The second-order valence-corrected chi connectivity index (χ2v) is 12.7. The molecule has 44 heavy (non-hydrogen) atoms. The van der Waals surface area contributed by atoms with Gasteiger partial charge in [0.05, 0.1) is 46.3 Å². The molecule has 0 radical (unpaired) electrons. The first-order chi connectivity index (χ1) is 21.6. The number of nitrogens with one attached hydrogen (secondary N) is 1. The Kier molecular flexibility index (Phi) is 8.32. The number of aliphatic hydroxyl groups is 1. The predicted molar refractivity (Wildman–Crippen MR) is 173 cm³/mol. The minimum absolute atomic E-state index is 0.00466. The number of ether oxygens (including phenoxy) is 2. The molecular formula is C34H28N4O4S2. The smallest absolute Gasteiger partial charge is 0.275 e. The summed E-state index contributed by atoms with van der Waals surface area (Å²) < 4.78 is 15.1. The number of hydrogen-bond donors (Lipinski definition) is 2. The van der Waals surface area contributed by atoms with Crippen molar-refractivity contribution in [1.82, 2.24) is 15.0 Å². The van der Waals surface area contributed by atoms with E-state index < -0.39 is 6.29 Å². The molecule has 7 rings (SSSR count). The zero-order valence-electron chi connectivity index (χ0n) is 23.5. The molecule has 2 aromatic heterocycles. The van der Waals surface area contributed by atoms with E-state index in [0.717, 1.165) is 37.8 Å². The molecule has 2 N–H and O–H groups in total. The van der Waals surface area contributed by atoms with E-state index in [0.29, 0.717) is 17.6 Å². The monoisotopic (exact) mass is 620 g/mol. The molecule has 0 aliphatic carbocycles. The number of aliphatic hydroxyl groups excluding tert-OH is 1. The molecule has 1 aliphatic rings. The molecule has 3 atom stereocenters. The van der Waals surface area contributed by atoms with Gasteiger partial charge in [-0.1, -0.05) is 72.4 Å². The van der Waals surface area contributed by atoms with Crippen LogP contribution in [0.25, 0.3) is 21.3 Å². The third-order valence-corrected chi connectivity index (χ3v) is 9.72. The van der Waals surface area contributed by atoms with Gasteiger partial charge in [0.1, 0.15) is 5.69 Å². The first kappa shape index (κ1) is 28.6. The summed E-state index contributed by atoms with van der Waals surface area (Å²) in [5, 5.41) is 12.4. The van der Waals surface area contributed by atoms with E-state index >= 15 is 0 Å². The molecular weight excluding hydrogens is 593 g/mol. The zero-order valence-corrected chi connectivity index (χ0v) is 25.1. The second kappa shape index (κ2) is 12.8. The highest BCUT2D eigenvalue weighted by Crippen LogP contribution is 2.40. The van der Waals surface area contributed by atoms with Gasteiger partial charge in [0.15, 0.2) is 10.6 Å². The van der Waals surface area contributed by atoms with Gasteiger partial charge in [0, 0.05) is 23.4 Å². The van der Waals surface area contributed by atoms with E-state index in [2.05, 4.69) is 21.4 Å². The van der Waals surface area contributed by atoms with Crippen LogP contribution in [0.1, 0.15) is 46.0 Å². The molecule has 1 amide bonds. The molecule has 6 aromatic rings. The van der Waals surface area contributed by atoms with Crippen LogP contribution in [0.3, 0.4) is 0 Å². The fourth-order valence-electron chi connectivity index (χ4n) is 5.09. The number of anilines is 1. The first-order valence-electron chi connectivity index (χ1n) is 14.2. The number of aromatic nitrogens is 3. The first-order valence-corrected chi connectivity index (χ1v) is 16.0. The third kappa shape index (κ3) is 6.35. The van der Waals surface area contributed by atoms with Crippen molar-refractivity contribution in [2.75, 3.05) is 11.1 Å². The van der Waals surface area contributed by atoms with E-state index in [1.807, 2.05) is 91.0 Å². The third-order valence-electron chi connectivity index (χ3n) is 7.40. The predicted octanol–water partition coefficient (Wildman–Crippen LogP) is 7.32. The molecule has 8 nitrogen and oxygen atoms in total. The SMILES string of the molecule is O=C(Nc1ccc([C@@H]2O[C@H](CSc3nc4ccccc4s3)C[C@H](c3ccc(CO)cc3)O2)cc1)c1cnc2ccccc2n1. The molecule has 0 saturated carbocycles. The molecule has 3 heterocycles. The van der Waals surface area contributed by atoms with Gasteiger partial charge in [0.2, 0.25) is 0 Å². The van der Waals surface area contributed by atoms with E-state index in [1.165, 1.54) is 10.9 Å². The van der Waals surface area contributed by atoms with Crippen LogP contribution in [-0.4, -0.2) is 37.8 Å². The number of amides is 1. The van der Waals surface area contributed by atoms with Crippen LogP contribution in [0.2, 0.25) is 0 Å². The van der Waals surface area contributed by atoms with Gasteiger partial charge < -0.3 is 19.9 Å². The summed E-state index contributed by atoms with van der Waals surface area (Å²) in [4.78, 5) is 26.4. The Bertz CT molecular complexity index is 1880. The zero-order chi connectivity index (χ0) is 29.9. The fourth-order valence-corrected chi connectivity index (χ4v) is 7.20. The van der Waals surface area contributed by atoms with Crippen LogP contribution in [0.15, 0.2) is 108 Å². The van der Waals surface area contributed by atoms with Crippen molar-refractivity contribution in [3.63, 3.8) is 0 Å². The summed E-state index contributed by atoms with van der Waals surface area (Å²) in [6.07, 6.45) is 1.30. The molecule has 0 unspecified atom stereocenters. The van der Waals surface area contributed by atoms with Crippen molar-refractivity contribution >= 4 is 55.9 Å². The lowest BCUT2D eigenvalue weighted by Crippen LogP contribution is -2.31. The topological polar surface area (TPSA) is 106 Å². The van der Waals surface area contributed by atoms with Gasteiger partial charge in [-0.3, -0.25) is 9.78 Å². The highest BCUT2D eigenvalue weighted by molar-refractivity contribution is 8.01. The fraction of sp³-hybridized carbons (Fsp3) is 0.176. The van der Waals surface area contributed by atoms with Crippen LogP contribution in [-0.2, 0) is 16.1 Å². The number of nitrogens with zero attached hydrogens (tertiary/aromatic N) is 3. The lowest BCUT2D eigenvalue weighted by atomic mass is 10.0. The molecule has 4 aromatic carbocycles. The molecule has 10 heteroatoms. The van der Waals surface area contributed by atoms with Crippen molar-refractivity contribution in [3.05, 3.63) is 126 Å². The van der Waals surface area contributed by atoms with Crippen molar-refractivity contribution in [2.24, 2.45) is 0 Å². The number of thioether (sulfide) groups is 1. The van der Waals surface area contributed by atoms with Gasteiger partial charge in [-0.25, -0.2) is 9.97 Å². The van der Waals surface area contributed by atoms with Crippen molar-refractivity contribution in [2.45, 2.75) is 35.9 Å². The van der Waals surface area contributed by atoms with Gasteiger partial charge in [-0.15, -0.1) is 11.3 Å². The number of carbonyl (C=O) groups excluding carboxylic acids is 1. The lowest BCUT2D eigenvalue weighted by Gasteiger charge is -2.36. The van der Waals surface area contributed by atoms with E-state index in [4.69, 9.17) is 14.5 Å². The summed E-state index contributed by atoms with van der Waals surface area (Å²) in [6.45, 7) is -0.00466. The van der Waals surface area contributed by atoms with Gasteiger partial charge in [-0.2, -0.15) is 0 Å². The van der Waals surface area contributed by atoms with Gasteiger partial charge >= 0.3 is 0 Å². The Labute approximate surface area is 262 Å². The number of thiazole rings is 1. The van der Waals surface area contributed by atoms with Crippen LogP contribution >= 0.6 is 23.1 Å². The minimum Gasteiger partial charge on any atom is -0.392 e. The Hall–Kier alpha value is -4.19. The average molecular weight is 621 g/mol. The van der Waals surface area contributed by atoms with Crippen molar-refractivity contribution in [3.8, 4) is 0 Å². The molecule has 220 valence electrons. The normalized spacial score (nSPS) is 18.4. The molecule has 0 spiro atoms. The van der Waals surface area contributed by atoms with Crippen LogP contribution in [0.5, 0.6) is 0 Å². The maximum absolute atomic E-state index is 12.9. The van der Waals surface area contributed by atoms with Gasteiger partial charge in [0.25, 0.3) is 5.91 Å². The number of para-hydroxylation sites is 3. The quantitative estimate of drug-likeness (QED) is 0.171. The Morgan fingerprint density at radius 1 is 0.864 bits per heavy atom. The summed E-state index contributed by atoms with van der Waals surface area (Å²) in [5.41, 5.74) is 6.02. The number of hydrogen-bond acceptors (Lipinski definition) is 9. The van der Waals surface area contributed by atoms with Crippen LogP contribution < -0.4 is 5.32 Å². The van der Waals surface area contributed by atoms with E-state index in [1.54, 1.807) is 23.1 Å². The second-order valence-electron chi connectivity index (χ2n) is 10.4. The van der Waals surface area contributed by atoms with E-state index in [9.17, 15) is 9.90 Å². The summed E-state index contributed by atoms with van der Waals surface area (Å²) >= 11 is 3.38. The Balaban J connectivity index is 1.07.